The molecule has 1 aliphatic heterocycles. The summed E-state index contributed by atoms with van der Waals surface area (Å²) in [5, 5.41) is 4.09. The fourth-order valence-corrected chi connectivity index (χ4v) is 4.66. The predicted octanol–water partition coefficient (Wildman–Crippen LogP) is 4.35. The molecule has 2 aromatic heterocycles. The molecule has 0 saturated heterocycles. The fourth-order valence-electron chi connectivity index (χ4n) is 4.66. The molecule has 8 heteroatoms. The number of fused-ring (bicyclic) bond motifs is 2. The van der Waals surface area contributed by atoms with Crippen LogP contribution in [0.15, 0.2) is 48.5 Å². The van der Waals surface area contributed by atoms with Gasteiger partial charge in [-0.25, -0.2) is 4.39 Å². The largest absolute Gasteiger partial charge is 0.366 e. The van der Waals surface area contributed by atoms with E-state index < -0.39 is 11.7 Å². The van der Waals surface area contributed by atoms with Gasteiger partial charge in [0.2, 0.25) is 11.9 Å². The molecule has 7 nitrogen and oxygen atoms in total. The van der Waals surface area contributed by atoms with Crippen molar-refractivity contribution in [1.82, 2.24) is 14.5 Å². The van der Waals surface area contributed by atoms with E-state index in [0.29, 0.717) is 23.4 Å². The van der Waals surface area contributed by atoms with Crippen LogP contribution in [0.25, 0.3) is 16.9 Å². The van der Waals surface area contributed by atoms with Crippen LogP contribution in [0, 0.1) is 12.7 Å². The van der Waals surface area contributed by atoms with Crippen LogP contribution in [-0.4, -0.2) is 34.0 Å². The zero-order chi connectivity index (χ0) is 23.8. The van der Waals surface area contributed by atoms with Crippen LogP contribution in [-0.2, 0) is 13.0 Å². The monoisotopic (exact) mass is 458 g/mol. The Morgan fingerprint density at radius 3 is 2.71 bits per heavy atom. The summed E-state index contributed by atoms with van der Waals surface area (Å²) >= 11 is 0. The van der Waals surface area contributed by atoms with E-state index in [2.05, 4.69) is 22.3 Å². The minimum atomic E-state index is -0.672. The number of carbonyl (C=O) groups is 1. The van der Waals surface area contributed by atoms with Gasteiger partial charge in [-0.2, -0.15) is 9.97 Å². The molecule has 1 aliphatic rings. The first-order valence-electron chi connectivity index (χ1n) is 11.4. The van der Waals surface area contributed by atoms with E-state index in [1.165, 1.54) is 12.1 Å². The number of nitrogens with one attached hydrogen (secondary N) is 1. The molecule has 0 aliphatic carbocycles. The first-order chi connectivity index (χ1) is 16.4. The highest BCUT2D eigenvalue weighted by Gasteiger charge is 2.23. The smallest absolute Gasteiger partial charge is 0.249 e. The van der Waals surface area contributed by atoms with E-state index in [4.69, 9.17) is 15.7 Å². The van der Waals surface area contributed by atoms with Crippen molar-refractivity contribution in [2.45, 2.75) is 32.7 Å². The van der Waals surface area contributed by atoms with Crippen LogP contribution in [0.2, 0.25) is 0 Å². The Labute approximate surface area is 197 Å². The highest BCUT2D eigenvalue weighted by atomic mass is 19.1. The Bertz CT molecular complexity index is 1380. The molecule has 34 heavy (non-hydrogen) atoms. The van der Waals surface area contributed by atoms with E-state index in [-0.39, 0.29) is 5.56 Å². The number of anilines is 2. The zero-order valence-electron chi connectivity index (χ0n) is 19.3. The maximum atomic E-state index is 14.5. The van der Waals surface area contributed by atoms with E-state index in [1.807, 2.05) is 38.2 Å². The topological polar surface area (TPSA) is 89.1 Å². The van der Waals surface area contributed by atoms with Gasteiger partial charge in [0.05, 0.1) is 11.1 Å². The molecule has 1 amide bonds. The van der Waals surface area contributed by atoms with Gasteiger partial charge in [0.1, 0.15) is 17.5 Å². The number of amides is 1. The van der Waals surface area contributed by atoms with Crippen molar-refractivity contribution in [1.29, 1.82) is 0 Å². The number of halogens is 1. The third kappa shape index (κ3) is 3.96. The van der Waals surface area contributed by atoms with E-state index in [1.54, 1.807) is 4.57 Å². The second-order valence-electron chi connectivity index (χ2n) is 8.76. The summed E-state index contributed by atoms with van der Waals surface area (Å²) in [7, 11) is 2.04. The van der Waals surface area contributed by atoms with E-state index in [9.17, 15) is 9.18 Å². The van der Waals surface area contributed by atoms with Crippen LogP contribution in [0.3, 0.4) is 0 Å². The maximum absolute atomic E-state index is 14.5. The van der Waals surface area contributed by atoms with Crippen LogP contribution in [0.5, 0.6) is 0 Å². The normalized spacial score (nSPS) is 13.6. The number of benzene rings is 2. The summed E-state index contributed by atoms with van der Waals surface area (Å²) in [5.74, 6) is 0.859. The number of nitrogens with two attached hydrogens (primary N) is 1. The van der Waals surface area contributed by atoms with Crippen LogP contribution >= 0.6 is 0 Å². The van der Waals surface area contributed by atoms with Crippen molar-refractivity contribution in [3.63, 3.8) is 0 Å². The first kappa shape index (κ1) is 21.9. The van der Waals surface area contributed by atoms with Crippen LogP contribution < -0.4 is 16.0 Å². The molecule has 2 aromatic carbocycles. The highest BCUT2D eigenvalue weighted by Crippen LogP contribution is 2.33. The summed E-state index contributed by atoms with van der Waals surface area (Å²) in [4.78, 5) is 24.0. The Hall–Kier alpha value is -3.94. The molecule has 3 heterocycles. The Morgan fingerprint density at radius 2 is 1.94 bits per heavy atom. The standard InChI is InChI=1S/C26H27FN6O/c1-16-12-20-21(23(28)34)13-18(27)14-22(20)33(16)26-30-24(29-15-17-8-4-3-5-9-17)19-10-6-7-11-32(2)25(19)31-26/h3-5,8-9,12-14H,6-7,10-11,15H2,1-2H3,(H2,28,34)(H,29,30,31). The van der Waals surface area contributed by atoms with Gasteiger partial charge in [-0.15, -0.1) is 0 Å². The molecule has 0 fully saturated rings. The molecule has 0 bridgehead atoms. The molecule has 0 atom stereocenters. The molecule has 0 radical (unpaired) electrons. The highest BCUT2D eigenvalue weighted by molar-refractivity contribution is 6.06. The van der Waals surface area contributed by atoms with Crippen molar-refractivity contribution < 1.29 is 9.18 Å². The lowest BCUT2D eigenvalue weighted by Gasteiger charge is -2.22. The Kier molecular flexibility index (Phi) is 5.65. The molecule has 0 spiro atoms. The average molecular weight is 459 g/mol. The minimum absolute atomic E-state index is 0.145. The van der Waals surface area contributed by atoms with Gasteiger partial charge in [-0.05, 0) is 49.9 Å². The third-order valence-corrected chi connectivity index (χ3v) is 6.34. The molecule has 5 rings (SSSR count). The molecule has 3 N–H and O–H groups in total. The van der Waals surface area contributed by atoms with Crippen molar-refractivity contribution >= 4 is 28.4 Å². The summed E-state index contributed by atoms with van der Waals surface area (Å²) in [5.41, 5.74) is 9.20. The number of aryl methyl sites for hydroxylation is 1. The van der Waals surface area contributed by atoms with E-state index in [0.717, 1.165) is 54.3 Å². The van der Waals surface area contributed by atoms with Crippen molar-refractivity contribution in [3.05, 3.63) is 76.7 Å². The number of hydrogen-bond acceptors (Lipinski definition) is 5. The Morgan fingerprint density at radius 1 is 1.15 bits per heavy atom. The van der Waals surface area contributed by atoms with Gasteiger partial charge >= 0.3 is 0 Å². The lowest BCUT2D eigenvalue weighted by molar-refractivity contribution is 0.100. The van der Waals surface area contributed by atoms with Crippen molar-refractivity contribution in [2.75, 3.05) is 23.8 Å². The molecule has 4 aromatic rings. The Balaban J connectivity index is 1.68. The van der Waals surface area contributed by atoms with E-state index >= 15 is 0 Å². The number of carbonyl (C=O) groups excluding carboxylic acids is 1. The zero-order valence-corrected chi connectivity index (χ0v) is 19.3. The molecule has 0 unspecified atom stereocenters. The minimum Gasteiger partial charge on any atom is -0.366 e. The average Bonchev–Trinajstić information content (AvgIpc) is 3.03. The molecule has 0 saturated carbocycles. The number of aromatic nitrogens is 3. The summed E-state index contributed by atoms with van der Waals surface area (Å²) < 4.78 is 16.2. The van der Waals surface area contributed by atoms with Gasteiger partial charge in [0.15, 0.2) is 0 Å². The third-order valence-electron chi connectivity index (χ3n) is 6.34. The molecular weight excluding hydrogens is 431 g/mol. The summed E-state index contributed by atoms with van der Waals surface area (Å²) in [6, 6.07) is 14.5. The van der Waals surface area contributed by atoms with Crippen molar-refractivity contribution in [2.24, 2.45) is 5.73 Å². The fraction of sp³-hybridized carbons (Fsp3) is 0.269. The van der Waals surface area contributed by atoms with Crippen LogP contribution in [0.1, 0.15) is 40.0 Å². The maximum Gasteiger partial charge on any atom is 0.249 e. The SMILES string of the molecule is Cc1cc2c(C(N)=O)cc(F)cc2n1-c1nc(NCc2ccccc2)c2c(n1)N(C)CCCC2. The number of rotatable bonds is 5. The predicted molar refractivity (Wildman–Crippen MR) is 132 cm³/mol. The van der Waals surface area contributed by atoms with Crippen molar-refractivity contribution in [3.8, 4) is 5.95 Å². The second-order valence-corrected chi connectivity index (χ2v) is 8.76. The second kappa shape index (κ2) is 8.78. The van der Waals surface area contributed by atoms with Gasteiger partial charge in [-0.1, -0.05) is 30.3 Å². The van der Waals surface area contributed by atoms with Crippen LogP contribution in [0.4, 0.5) is 16.0 Å². The quantitative estimate of drug-likeness (QED) is 0.464. The molecule has 174 valence electrons. The molecular formula is C26H27FN6O. The summed E-state index contributed by atoms with van der Waals surface area (Å²) in [6.45, 7) is 3.41. The number of hydrogen-bond donors (Lipinski definition) is 2. The van der Waals surface area contributed by atoms with Gasteiger partial charge < -0.3 is 16.0 Å². The van der Waals surface area contributed by atoms with Gasteiger partial charge in [-0.3, -0.25) is 9.36 Å². The first-order valence-corrected chi connectivity index (χ1v) is 11.4. The van der Waals surface area contributed by atoms with Gasteiger partial charge in [0, 0.05) is 36.8 Å². The lowest BCUT2D eigenvalue weighted by atomic mass is 10.1. The summed E-state index contributed by atoms with van der Waals surface area (Å²) in [6.07, 6.45) is 3.00. The van der Waals surface area contributed by atoms with Gasteiger partial charge in [0.25, 0.3) is 0 Å². The number of primary amides is 1. The lowest BCUT2D eigenvalue weighted by Crippen LogP contribution is -2.21. The number of nitrogens with zero attached hydrogens (tertiary/aromatic N) is 4.